The van der Waals surface area contributed by atoms with E-state index in [-0.39, 0.29) is 0 Å². The Morgan fingerprint density at radius 1 is 0.923 bits per heavy atom. The molecule has 0 aliphatic carbocycles. The molecule has 1 fully saturated rings. The van der Waals surface area contributed by atoms with Crippen LogP contribution in [-0.2, 0) is 4.74 Å². The average molecular weight is 364 g/mol. The molecular formula is C24H45NO. The molecule has 0 amide bonds. The first-order chi connectivity index (χ1) is 12.7. The largest absolute Gasteiger partial charge is 0.365 e. The van der Waals surface area contributed by atoms with Gasteiger partial charge in [-0.1, -0.05) is 84.5 Å². The summed E-state index contributed by atoms with van der Waals surface area (Å²) in [7, 11) is 0. The van der Waals surface area contributed by atoms with Crippen LogP contribution in [0.15, 0.2) is 0 Å². The maximum atomic E-state index is 6.00. The quantitative estimate of drug-likeness (QED) is 0.281. The van der Waals surface area contributed by atoms with E-state index < -0.39 is 0 Å². The van der Waals surface area contributed by atoms with E-state index in [0.717, 1.165) is 5.92 Å². The first-order valence-corrected chi connectivity index (χ1v) is 11.5. The topological polar surface area (TPSA) is 12.5 Å². The van der Waals surface area contributed by atoms with Crippen LogP contribution in [0.3, 0.4) is 0 Å². The number of unbranched alkanes of at least 4 members (excludes halogenated alkanes) is 5. The first kappa shape index (κ1) is 23.5. The lowest BCUT2D eigenvalue weighted by Crippen LogP contribution is -2.39. The third-order valence-electron chi connectivity index (χ3n) is 5.64. The molecule has 26 heavy (non-hydrogen) atoms. The van der Waals surface area contributed by atoms with Gasteiger partial charge in [0.25, 0.3) is 0 Å². The number of piperidine rings is 1. The molecule has 0 N–H and O–H groups in total. The summed E-state index contributed by atoms with van der Waals surface area (Å²) in [5.74, 6) is 7.97. The molecule has 0 saturated carbocycles. The molecule has 1 rings (SSSR count). The molecule has 1 heterocycles. The summed E-state index contributed by atoms with van der Waals surface area (Å²) >= 11 is 0. The predicted octanol–water partition coefficient (Wildman–Crippen LogP) is 6.29. The summed E-state index contributed by atoms with van der Waals surface area (Å²) < 4.78 is 6.00. The van der Waals surface area contributed by atoms with E-state index in [0.29, 0.717) is 18.6 Å². The second-order valence-electron chi connectivity index (χ2n) is 8.48. The molecule has 0 radical (unpaired) electrons. The molecule has 1 aliphatic heterocycles. The summed E-state index contributed by atoms with van der Waals surface area (Å²) in [5, 5.41) is 0. The average Bonchev–Trinajstić information content (AvgIpc) is 2.64. The normalized spacial score (nSPS) is 18.3. The van der Waals surface area contributed by atoms with Gasteiger partial charge in [-0.3, -0.25) is 0 Å². The van der Waals surface area contributed by atoms with Gasteiger partial charge in [0.2, 0.25) is 0 Å². The molecule has 0 aromatic rings. The van der Waals surface area contributed by atoms with Crippen LogP contribution in [0, 0.1) is 23.7 Å². The van der Waals surface area contributed by atoms with Crippen LogP contribution in [0.25, 0.3) is 0 Å². The fraction of sp³-hybridized carbons (Fsp3) is 0.917. The molecule has 2 atom stereocenters. The highest BCUT2D eigenvalue weighted by atomic mass is 16.5. The SMILES string of the molecule is CCCCCCC(C)CN1CCC(OCC#CC(C)CCCCC)CC1. The Balaban J connectivity index is 2.07. The van der Waals surface area contributed by atoms with E-state index in [1.165, 1.54) is 90.3 Å². The fourth-order valence-corrected chi connectivity index (χ4v) is 3.86. The standard InChI is InChI=1S/C24H45NO/c1-5-7-9-11-14-23(4)21-25-18-16-24(17-19-25)26-20-12-15-22(3)13-10-8-6-2/h22-24H,5-11,13-14,16-21H2,1-4H3. The van der Waals surface area contributed by atoms with Crippen LogP contribution in [0.5, 0.6) is 0 Å². The van der Waals surface area contributed by atoms with Gasteiger partial charge in [-0.2, -0.15) is 0 Å². The van der Waals surface area contributed by atoms with Crippen molar-refractivity contribution in [2.24, 2.45) is 11.8 Å². The van der Waals surface area contributed by atoms with Crippen LogP contribution in [0.2, 0.25) is 0 Å². The molecule has 0 aromatic heterocycles. The lowest BCUT2D eigenvalue weighted by atomic mass is 10.00. The van der Waals surface area contributed by atoms with Crippen molar-refractivity contribution in [1.29, 1.82) is 0 Å². The van der Waals surface area contributed by atoms with Gasteiger partial charge in [0.1, 0.15) is 6.61 Å². The Morgan fingerprint density at radius 3 is 2.27 bits per heavy atom. The number of nitrogens with zero attached hydrogens (tertiary/aromatic N) is 1. The Labute approximate surface area is 164 Å². The third-order valence-corrected chi connectivity index (χ3v) is 5.64. The number of hydrogen-bond acceptors (Lipinski definition) is 2. The molecule has 1 aliphatic rings. The summed E-state index contributed by atoms with van der Waals surface area (Å²) in [5.41, 5.74) is 0. The second kappa shape index (κ2) is 15.5. The summed E-state index contributed by atoms with van der Waals surface area (Å²) in [6, 6.07) is 0. The number of hydrogen-bond donors (Lipinski definition) is 0. The van der Waals surface area contributed by atoms with Gasteiger partial charge in [0.15, 0.2) is 0 Å². The van der Waals surface area contributed by atoms with Crippen LogP contribution < -0.4 is 0 Å². The van der Waals surface area contributed by atoms with E-state index in [2.05, 4.69) is 44.4 Å². The van der Waals surface area contributed by atoms with Gasteiger partial charge in [-0.15, -0.1) is 0 Å². The monoisotopic (exact) mass is 363 g/mol. The minimum Gasteiger partial charge on any atom is -0.365 e. The Bertz CT molecular complexity index is 375. The van der Waals surface area contributed by atoms with Gasteiger partial charge >= 0.3 is 0 Å². The molecule has 152 valence electrons. The van der Waals surface area contributed by atoms with Crippen molar-refractivity contribution in [2.45, 2.75) is 104 Å². The van der Waals surface area contributed by atoms with Gasteiger partial charge in [-0.05, 0) is 31.6 Å². The maximum Gasteiger partial charge on any atom is 0.108 e. The Hall–Kier alpha value is -0.520. The van der Waals surface area contributed by atoms with Crippen molar-refractivity contribution in [3.8, 4) is 11.8 Å². The van der Waals surface area contributed by atoms with Crippen LogP contribution in [0.4, 0.5) is 0 Å². The highest BCUT2D eigenvalue weighted by Crippen LogP contribution is 2.17. The fourth-order valence-electron chi connectivity index (χ4n) is 3.86. The van der Waals surface area contributed by atoms with Gasteiger partial charge in [-0.25, -0.2) is 0 Å². The highest BCUT2D eigenvalue weighted by molar-refractivity contribution is 5.02. The zero-order valence-electron chi connectivity index (χ0n) is 18.2. The summed E-state index contributed by atoms with van der Waals surface area (Å²) in [6.45, 7) is 13.5. The first-order valence-electron chi connectivity index (χ1n) is 11.5. The summed E-state index contributed by atoms with van der Waals surface area (Å²) in [6.07, 6.45) is 14.9. The number of likely N-dealkylation sites (tertiary alicyclic amines) is 1. The molecule has 2 nitrogen and oxygen atoms in total. The predicted molar refractivity (Wildman–Crippen MR) is 114 cm³/mol. The maximum absolute atomic E-state index is 6.00. The van der Waals surface area contributed by atoms with Gasteiger partial charge in [0, 0.05) is 25.6 Å². The second-order valence-corrected chi connectivity index (χ2v) is 8.48. The molecule has 0 bridgehead atoms. The molecule has 2 heteroatoms. The molecule has 1 saturated heterocycles. The zero-order valence-corrected chi connectivity index (χ0v) is 18.2. The van der Waals surface area contributed by atoms with Crippen molar-refractivity contribution in [2.75, 3.05) is 26.2 Å². The van der Waals surface area contributed by atoms with Crippen molar-refractivity contribution in [3.05, 3.63) is 0 Å². The van der Waals surface area contributed by atoms with Crippen LogP contribution >= 0.6 is 0 Å². The molecule has 2 unspecified atom stereocenters. The van der Waals surface area contributed by atoms with E-state index in [4.69, 9.17) is 4.74 Å². The minimum absolute atomic E-state index is 0.427. The number of rotatable bonds is 13. The Morgan fingerprint density at radius 2 is 1.58 bits per heavy atom. The number of ether oxygens (including phenoxy) is 1. The lowest BCUT2D eigenvalue weighted by molar-refractivity contribution is 0.0210. The van der Waals surface area contributed by atoms with Crippen molar-refractivity contribution < 1.29 is 4.74 Å². The van der Waals surface area contributed by atoms with Gasteiger partial charge < -0.3 is 9.64 Å². The summed E-state index contributed by atoms with van der Waals surface area (Å²) in [4.78, 5) is 2.64. The smallest absolute Gasteiger partial charge is 0.108 e. The van der Waals surface area contributed by atoms with Crippen molar-refractivity contribution in [3.63, 3.8) is 0 Å². The van der Waals surface area contributed by atoms with E-state index in [1.807, 2.05) is 0 Å². The minimum atomic E-state index is 0.427. The highest BCUT2D eigenvalue weighted by Gasteiger charge is 2.20. The third kappa shape index (κ3) is 12.0. The van der Waals surface area contributed by atoms with E-state index >= 15 is 0 Å². The zero-order chi connectivity index (χ0) is 19.0. The molecule has 0 spiro atoms. The van der Waals surface area contributed by atoms with Crippen LogP contribution in [0.1, 0.15) is 98.3 Å². The van der Waals surface area contributed by atoms with E-state index in [9.17, 15) is 0 Å². The van der Waals surface area contributed by atoms with Crippen LogP contribution in [-0.4, -0.2) is 37.2 Å². The molecule has 0 aromatic carbocycles. The Kier molecular flexibility index (Phi) is 14.0. The lowest BCUT2D eigenvalue weighted by Gasteiger charge is -2.33. The van der Waals surface area contributed by atoms with E-state index in [1.54, 1.807) is 0 Å². The molecular weight excluding hydrogens is 318 g/mol. The van der Waals surface area contributed by atoms with Crippen molar-refractivity contribution >= 4 is 0 Å². The van der Waals surface area contributed by atoms with Gasteiger partial charge in [0.05, 0.1) is 6.10 Å². The van der Waals surface area contributed by atoms with Crippen molar-refractivity contribution in [1.82, 2.24) is 4.90 Å².